The fraction of sp³-hybridized carbons (Fsp3) is 0.524. The molecule has 2 aliphatic rings. The van der Waals surface area contributed by atoms with Gasteiger partial charge in [0.2, 0.25) is 5.95 Å². The Balaban J connectivity index is 0.00000109. The Morgan fingerprint density at radius 3 is 2.36 bits per heavy atom. The van der Waals surface area contributed by atoms with Gasteiger partial charge in [-0.05, 0) is 50.1 Å². The summed E-state index contributed by atoms with van der Waals surface area (Å²) in [4.78, 5) is 19.6. The molecule has 1 aliphatic carbocycles. The van der Waals surface area contributed by atoms with Crippen LogP contribution in [0.1, 0.15) is 32.1 Å². The lowest BCUT2D eigenvalue weighted by Gasteiger charge is -2.40. The van der Waals surface area contributed by atoms with E-state index in [4.69, 9.17) is 5.73 Å². The molecule has 2 heterocycles. The molecule has 1 aromatic heterocycles. The van der Waals surface area contributed by atoms with Crippen molar-refractivity contribution in [3.8, 4) is 11.1 Å². The highest BCUT2D eigenvalue weighted by atomic mass is 19.1. The van der Waals surface area contributed by atoms with Crippen LogP contribution in [-0.4, -0.2) is 35.9 Å². The van der Waals surface area contributed by atoms with Crippen molar-refractivity contribution in [2.24, 2.45) is 18.2 Å². The Labute approximate surface area is 165 Å². The number of aromatic nitrogens is 2. The summed E-state index contributed by atoms with van der Waals surface area (Å²) in [5.41, 5.74) is 11.9. The number of halogens is 1. The highest BCUT2D eigenvalue weighted by molar-refractivity contribution is 5.73. The number of anilines is 2. The Morgan fingerprint density at radius 2 is 1.79 bits per heavy atom. The number of benzene rings is 1. The summed E-state index contributed by atoms with van der Waals surface area (Å²) in [5, 5.41) is 0. The van der Waals surface area contributed by atoms with Gasteiger partial charge in [0.25, 0.3) is 5.56 Å². The van der Waals surface area contributed by atoms with Crippen LogP contribution in [-0.2, 0) is 7.05 Å². The first-order chi connectivity index (χ1) is 13.5. The molecular formula is C21H30FN5O. The SMILES string of the molecule is CN.Cn1c(N2CCC3(CCC(F)C3)CC2)nc(N)c(-c2ccccc2)c1=O. The second kappa shape index (κ2) is 8.31. The minimum atomic E-state index is -0.648. The minimum Gasteiger partial charge on any atom is -0.383 e. The molecule has 1 spiro atoms. The molecule has 2 aromatic rings. The molecule has 1 unspecified atom stereocenters. The molecular weight excluding hydrogens is 357 g/mol. The lowest BCUT2D eigenvalue weighted by atomic mass is 9.77. The predicted octanol–water partition coefficient (Wildman–Crippen LogP) is 2.71. The number of piperidine rings is 1. The van der Waals surface area contributed by atoms with Gasteiger partial charge < -0.3 is 16.4 Å². The van der Waals surface area contributed by atoms with E-state index >= 15 is 0 Å². The molecule has 7 heteroatoms. The van der Waals surface area contributed by atoms with Crippen LogP contribution in [0.2, 0.25) is 0 Å². The van der Waals surface area contributed by atoms with Gasteiger partial charge in [-0.15, -0.1) is 0 Å². The van der Waals surface area contributed by atoms with Gasteiger partial charge in [0.05, 0.1) is 5.56 Å². The number of nitrogens with two attached hydrogens (primary N) is 2. The molecule has 0 bridgehead atoms. The number of hydrogen-bond donors (Lipinski definition) is 2. The average Bonchev–Trinajstić information content (AvgIpc) is 3.08. The van der Waals surface area contributed by atoms with Gasteiger partial charge in [-0.3, -0.25) is 9.36 Å². The summed E-state index contributed by atoms with van der Waals surface area (Å²) in [6.45, 7) is 1.58. The molecule has 1 saturated heterocycles. The van der Waals surface area contributed by atoms with E-state index in [9.17, 15) is 9.18 Å². The monoisotopic (exact) mass is 387 g/mol. The Hall–Kier alpha value is -2.41. The van der Waals surface area contributed by atoms with Gasteiger partial charge in [-0.2, -0.15) is 4.98 Å². The molecule has 1 aromatic carbocycles. The maximum absolute atomic E-state index is 13.7. The largest absolute Gasteiger partial charge is 0.383 e. The van der Waals surface area contributed by atoms with Crippen LogP contribution < -0.4 is 21.9 Å². The number of nitrogen functional groups attached to an aromatic ring is 1. The fourth-order valence-corrected chi connectivity index (χ4v) is 4.54. The van der Waals surface area contributed by atoms with Crippen LogP contribution in [0.4, 0.5) is 16.2 Å². The lowest BCUT2D eigenvalue weighted by Crippen LogP contribution is -2.42. The molecule has 152 valence electrons. The first kappa shape index (κ1) is 20.3. The first-order valence-electron chi connectivity index (χ1n) is 9.88. The summed E-state index contributed by atoms with van der Waals surface area (Å²) in [7, 11) is 3.24. The quantitative estimate of drug-likeness (QED) is 0.827. The number of hydrogen-bond acceptors (Lipinski definition) is 5. The minimum absolute atomic E-state index is 0.135. The average molecular weight is 388 g/mol. The molecule has 1 aliphatic heterocycles. The fourth-order valence-electron chi connectivity index (χ4n) is 4.54. The molecule has 1 atom stereocenters. The summed E-state index contributed by atoms with van der Waals surface area (Å²) in [6.07, 6.45) is 3.60. The van der Waals surface area contributed by atoms with E-state index in [1.54, 1.807) is 11.6 Å². The van der Waals surface area contributed by atoms with Gasteiger partial charge in [0, 0.05) is 20.1 Å². The zero-order chi connectivity index (χ0) is 20.3. The third-order valence-corrected chi connectivity index (χ3v) is 6.11. The van der Waals surface area contributed by atoms with E-state index in [1.807, 2.05) is 30.3 Å². The molecule has 4 N–H and O–H groups in total. The van der Waals surface area contributed by atoms with E-state index in [2.05, 4.69) is 15.6 Å². The van der Waals surface area contributed by atoms with Gasteiger partial charge in [0.1, 0.15) is 12.0 Å². The zero-order valence-corrected chi connectivity index (χ0v) is 16.7. The van der Waals surface area contributed by atoms with Crippen molar-refractivity contribution in [1.82, 2.24) is 9.55 Å². The summed E-state index contributed by atoms with van der Waals surface area (Å²) in [6, 6.07) is 9.40. The van der Waals surface area contributed by atoms with Crippen molar-refractivity contribution >= 4 is 11.8 Å². The molecule has 0 radical (unpaired) electrons. The maximum atomic E-state index is 13.7. The molecule has 6 nitrogen and oxygen atoms in total. The molecule has 28 heavy (non-hydrogen) atoms. The second-order valence-electron chi connectivity index (χ2n) is 7.73. The first-order valence-corrected chi connectivity index (χ1v) is 9.88. The van der Waals surface area contributed by atoms with Crippen molar-refractivity contribution in [1.29, 1.82) is 0 Å². The van der Waals surface area contributed by atoms with Gasteiger partial charge in [0.15, 0.2) is 0 Å². The summed E-state index contributed by atoms with van der Waals surface area (Å²) in [5.74, 6) is 0.871. The Morgan fingerprint density at radius 1 is 1.14 bits per heavy atom. The van der Waals surface area contributed by atoms with E-state index in [-0.39, 0.29) is 16.8 Å². The molecule has 4 rings (SSSR count). The van der Waals surface area contributed by atoms with Crippen LogP contribution in [0.15, 0.2) is 35.1 Å². The zero-order valence-electron chi connectivity index (χ0n) is 16.7. The Bertz CT molecular complexity index is 859. The predicted molar refractivity (Wildman–Crippen MR) is 112 cm³/mol. The van der Waals surface area contributed by atoms with Crippen LogP contribution in [0.5, 0.6) is 0 Å². The molecule has 1 saturated carbocycles. The smallest absolute Gasteiger partial charge is 0.264 e. The standard InChI is InChI=1S/C20H25FN4O.CH5N/c1-24-18(26)16(14-5-3-2-4-6-14)17(22)23-19(24)25-11-9-20(10-12-25)8-7-15(21)13-20;1-2/h2-6,15H,7-13,22H2,1H3;2H2,1H3. The van der Waals surface area contributed by atoms with Crippen LogP contribution in [0.3, 0.4) is 0 Å². The highest BCUT2D eigenvalue weighted by Gasteiger charge is 2.42. The third-order valence-electron chi connectivity index (χ3n) is 6.11. The van der Waals surface area contributed by atoms with E-state index in [1.165, 1.54) is 7.05 Å². The second-order valence-corrected chi connectivity index (χ2v) is 7.73. The van der Waals surface area contributed by atoms with Gasteiger partial charge in [-0.1, -0.05) is 30.3 Å². The van der Waals surface area contributed by atoms with E-state index in [0.29, 0.717) is 24.4 Å². The number of alkyl halides is 1. The lowest BCUT2D eigenvalue weighted by molar-refractivity contribution is 0.203. The van der Waals surface area contributed by atoms with Crippen molar-refractivity contribution in [3.05, 3.63) is 40.7 Å². The number of rotatable bonds is 2. The summed E-state index contributed by atoms with van der Waals surface area (Å²) < 4.78 is 15.2. The number of nitrogens with zero attached hydrogens (tertiary/aromatic N) is 3. The van der Waals surface area contributed by atoms with Crippen molar-refractivity contribution in [2.45, 2.75) is 38.3 Å². The van der Waals surface area contributed by atoms with E-state index in [0.717, 1.165) is 37.9 Å². The van der Waals surface area contributed by atoms with Crippen molar-refractivity contribution in [3.63, 3.8) is 0 Å². The highest BCUT2D eigenvalue weighted by Crippen LogP contribution is 2.47. The molecule has 0 amide bonds. The van der Waals surface area contributed by atoms with Crippen molar-refractivity contribution in [2.75, 3.05) is 30.8 Å². The van der Waals surface area contributed by atoms with Crippen molar-refractivity contribution < 1.29 is 4.39 Å². The van der Waals surface area contributed by atoms with Crippen LogP contribution in [0, 0.1) is 5.41 Å². The van der Waals surface area contributed by atoms with Gasteiger partial charge >= 0.3 is 0 Å². The Kier molecular flexibility index (Phi) is 6.03. The van der Waals surface area contributed by atoms with E-state index < -0.39 is 6.17 Å². The van der Waals surface area contributed by atoms with Crippen LogP contribution in [0.25, 0.3) is 11.1 Å². The normalized spacial score (nSPS) is 20.7. The van der Waals surface area contributed by atoms with Gasteiger partial charge in [-0.25, -0.2) is 4.39 Å². The summed E-state index contributed by atoms with van der Waals surface area (Å²) >= 11 is 0. The maximum Gasteiger partial charge on any atom is 0.264 e. The topological polar surface area (TPSA) is 90.2 Å². The van der Waals surface area contributed by atoms with Crippen LogP contribution >= 0.6 is 0 Å². The molecule has 2 fully saturated rings. The third kappa shape index (κ3) is 3.76.